The fourth-order valence-electron chi connectivity index (χ4n) is 2.41. The maximum atomic E-state index is 12.6. The molecule has 0 spiro atoms. The summed E-state index contributed by atoms with van der Waals surface area (Å²) in [6.45, 7) is 1.14. The van der Waals surface area contributed by atoms with Crippen molar-refractivity contribution in [3.8, 4) is 0 Å². The van der Waals surface area contributed by atoms with Crippen LogP contribution >= 0.6 is 0 Å². The van der Waals surface area contributed by atoms with Crippen molar-refractivity contribution >= 4 is 11.9 Å². The molecule has 152 valence electrons. The molecule has 4 N–H and O–H groups in total. The van der Waals surface area contributed by atoms with Gasteiger partial charge in [0.2, 0.25) is 5.95 Å². The molecular weight excluding hydrogens is 373 g/mol. The van der Waals surface area contributed by atoms with Gasteiger partial charge in [0.05, 0.1) is 6.61 Å². The van der Waals surface area contributed by atoms with Gasteiger partial charge in [-0.25, -0.2) is 9.97 Å². The van der Waals surface area contributed by atoms with E-state index in [1.807, 2.05) is 30.3 Å². The van der Waals surface area contributed by atoms with E-state index >= 15 is 0 Å². The number of halogens is 3. The molecule has 1 aromatic carbocycles. The van der Waals surface area contributed by atoms with E-state index in [9.17, 15) is 18.3 Å². The van der Waals surface area contributed by atoms with E-state index in [4.69, 9.17) is 0 Å². The average molecular weight is 396 g/mol. The van der Waals surface area contributed by atoms with Gasteiger partial charge in [0.1, 0.15) is 5.69 Å². The highest BCUT2D eigenvalue weighted by molar-refractivity contribution is 5.79. The highest BCUT2D eigenvalue weighted by Gasteiger charge is 2.32. The zero-order chi connectivity index (χ0) is 20.4. The van der Waals surface area contributed by atoms with E-state index in [-0.39, 0.29) is 18.5 Å². The van der Waals surface area contributed by atoms with Gasteiger partial charge in [-0.15, -0.1) is 0 Å². The summed E-state index contributed by atoms with van der Waals surface area (Å²) in [5.41, 5.74) is 0.0164. The maximum absolute atomic E-state index is 12.6. The van der Waals surface area contributed by atoms with E-state index in [0.717, 1.165) is 17.8 Å². The molecule has 2 aromatic rings. The third-order valence-corrected chi connectivity index (χ3v) is 3.88. The number of aliphatic hydroxyl groups excluding tert-OH is 1. The summed E-state index contributed by atoms with van der Waals surface area (Å²) >= 11 is 0. The number of benzene rings is 1. The van der Waals surface area contributed by atoms with Crippen LogP contribution in [0.2, 0.25) is 0 Å². The van der Waals surface area contributed by atoms with Gasteiger partial charge >= 0.3 is 6.18 Å². The largest absolute Gasteiger partial charge is 0.433 e. The Kier molecular flexibility index (Phi) is 8.00. The van der Waals surface area contributed by atoms with Crippen LogP contribution in [0.5, 0.6) is 0 Å². The molecule has 1 atom stereocenters. The van der Waals surface area contributed by atoms with Crippen LogP contribution in [0.25, 0.3) is 0 Å². The molecule has 1 aromatic heterocycles. The number of nitrogens with one attached hydrogen (secondary N) is 3. The first-order chi connectivity index (χ1) is 13.4. The number of hydrogen-bond donors (Lipinski definition) is 4. The van der Waals surface area contributed by atoms with Crippen molar-refractivity contribution in [1.82, 2.24) is 20.6 Å². The van der Waals surface area contributed by atoms with Crippen LogP contribution in [0, 0.1) is 0 Å². The second-order valence-electron chi connectivity index (χ2n) is 5.86. The van der Waals surface area contributed by atoms with Crippen molar-refractivity contribution in [2.45, 2.75) is 12.1 Å². The molecule has 0 aliphatic carbocycles. The number of aromatic nitrogens is 2. The Balaban J connectivity index is 1.77. The Morgan fingerprint density at radius 1 is 1.14 bits per heavy atom. The summed E-state index contributed by atoms with van der Waals surface area (Å²) in [6.07, 6.45) is -3.45. The monoisotopic (exact) mass is 396 g/mol. The molecule has 28 heavy (non-hydrogen) atoms. The first-order valence-corrected chi connectivity index (χ1v) is 8.68. The topological polar surface area (TPSA) is 94.5 Å². The van der Waals surface area contributed by atoms with E-state index in [0.29, 0.717) is 25.6 Å². The second-order valence-corrected chi connectivity index (χ2v) is 5.86. The third-order valence-electron chi connectivity index (χ3n) is 3.88. The second kappa shape index (κ2) is 10.5. The summed E-state index contributed by atoms with van der Waals surface area (Å²) in [6, 6.07) is 10.4. The van der Waals surface area contributed by atoms with Crippen molar-refractivity contribution in [2.75, 3.05) is 38.6 Å². The van der Waals surface area contributed by atoms with E-state index in [2.05, 4.69) is 30.9 Å². The SMILES string of the molecule is CN=C(NCCNc1nccc(C(F)(F)F)n1)NCC(CO)c1ccccc1. The van der Waals surface area contributed by atoms with Crippen LogP contribution in [0.15, 0.2) is 47.6 Å². The first-order valence-electron chi connectivity index (χ1n) is 8.68. The Morgan fingerprint density at radius 2 is 1.89 bits per heavy atom. The van der Waals surface area contributed by atoms with Gasteiger partial charge in [0.15, 0.2) is 5.96 Å². The predicted octanol–water partition coefficient (Wildman–Crippen LogP) is 1.85. The first kappa shape index (κ1) is 21.4. The van der Waals surface area contributed by atoms with Gasteiger partial charge in [-0.3, -0.25) is 4.99 Å². The predicted molar refractivity (Wildman–Crippen MR) is 101 cm³/mol. The Bertz CT molecular complexity index is 754. The fraction of sp³-hybridized carbons (Fsp3) is 0.389. The lowest BCUT2D eigenvalue weighted by atomic mass is 10.0. The quantitative estimate of drug-likeness (QED) is 0.309. The zero-order valence-corrected chi connectivity index (χ0v) is 15.4. The number of nitrogens with zero attached hydrogens (tertiary/aromatic N) is 3. The standard InChI is InChI=1S/C18H23F3N6O/c1-22-16(26-11-14(12-28)13-5-3-2-4-6-13)24-9-10-25-17-23-8-7-15(27-17)18(19,20)21/h2-8,14,28H,9-12H2,1H3,(H2,22,24,26)(H,23,25,27). The lowest BCUT2D eigenvalue weighted by Gasteiger charge is -2.18. The van der Waals surface area contributed by atoms with Crippen LogP contribution in [-0.2, 0) is 6.18 Å². The highest BCUT2D eigenvalue weighted by Crippen LogP contribution is 2.27. The van der Waals surface area contributed by atoms with Gasteiger partial charge in [-0.2, -0.15) is 13.2 Å². The van der Waals surface area contributed by atoms with E-state index in [1.54, 1.807) is 7.05 Å². The minimum atomic E-state index is -4.51. The Morgan fingerprint density at radius 3 is 2.54 bits per heavy atom. The minimum Gasteiger partial charge on any atom is -0.396 e. The maximum Gasteiger partial charge on any atom is 0.433 e. The van der Waals surface area contributed by atoms with Gasteiger partial charge in [-0.1, -0.05) is 30.3 Å². The number of rotatable bonds is 8. The molecule has 0 saturated heterocycles. The number of alkyl halides is 3. The number of anilines is 1. The van der Waals surface area contributed by atoms with Gasteiger partial charge in [-0.05, 0) is 11.6 Å². The van der Waals surface area contributed by atoms with Gasteiger partial charge in [0, 0.05) is 38.8 Å². The molecule has 0 amide bonds. The van der Waals surface area contributed by atoms with Crippen molar-refractivity contribution in [2.24, 2.45) is 4.99 Å². The smallest absolute Gasteiger partial charge is 0.396 e. The lowest BCUT2D eigenvalue weighted by molar-refractivity contribution is -0.141. The molecule has 0 bridgehead atoms. The molecule has 2 rings (SSSR count). The summed E-state index contributed by atoms with van der Waals surface area (Å²) in [5.74, 6) is 0.335. The lowest BCUT2D eigenvalue weighted by Crippen LogP contribution is -2.41. The van der Waals surface area contributed by atoms with Crippen LogP contribution in [0.3, 0.4) is 0 Å². The number of guanidine groups is 1. The Labute approximate surface area is 161 Å². The van der Waals surface area contributed by atoms with Gasteiger partial charge < -0.3 is 21.1 Å². The van der Waals surface area contributed by atoms with E-state index < -0.39 is 11.9 Å². The number of aliphatic hydroxyl groups is 1. The van der Waals surface area contributed by atoms with E-state index in [1.165, 1.54) is 0 Å². The normalized spacial score (nSPS) is 13.1. The summed E-state index contributed by atoms with van der Waals surface area (Å²) in [4.78, 5) is 11.3. The molecule has 0 fully saturated rings. The molecular formula is C18H23F3N6O. The van der Waals surface area contributed by atoms with Crippen LogP contribution in [0.4, 0.5) is 19.1 Å². The van der Waals surface area contributed by atoms with Crippen molar-refractivity contribution in [3.05, 3.63) is 53.9 Å². The fourth-order valence-corrected chi connectivity index (χ4v) is 2.41. The molecule has 0 saturated carbocycles. The number of hydrogen-bond acceptors (Lipinski definition) is 5. The third kappa shape index (κ3) is 6.69. The molecule has 7 nitrogen and oxygen atoms in total. The molecule has 1 heterocycles. The van der Waals surface area contributed by atoms with Crippen molar-refractivity contribution in [1.29, 1.82) is 0 Å². The Hall–Kier alpha value is -2.88. The average Bonchev–Trinajstić information content (AvgIpc) is 2.70. The molecule has 0 aliphatic heterocycles. The summed E-state index contributed by atoms with van der Waals surface area (Å²) in [5, 5.41) is 18.5. The molecule has 1 unspecified atom stereocenters. The van der Waals surface area contributed by atoms with Crippen LogP contribution in [-0.4, -0.2) is 54.3 Å². The van der Waals surface area contributed by atoms with Gasteiger partial charge in [0.25, 0.3) is 0 Å². The number of aliphatic imine (C=N–C) groups is 1. The summed E-state index contributed by atoms with van der Waals surface area (Å²) < 4.78 is 37.9. The zero-order valence-electron chi connectivity index (χ0n) is 15.4. The van der Waals surface area contributed by atoms with Crippen LogP contribution in [0.1, 0.15) is 17.2 Å². The molecule has 10 heteroatoms. The van der Waals surface area contributed by atoms with Crippen LogP contribution < -0.4 is 16.0 Å². The molecule has 0 radical (unpaired) electrons. The molecule has 0 aliphatic rings. The highest BCUT2D eigenvalue weighted by atomic mass is 19.4. The van der Waals surface area contributed by atoms with Crippen molar-refractivity contribution < 1.29 is 18.3 Å². The minimum absolute atomic E-state index is 0.0115. The van der Waals surface area contributed by atoms with Crippen molar-refractivity contribution in [3.63, 3.8) is 0 Å². The summed E-state index contributed by atoms with van der Waals surface area (Å²) in [7, 11) is 1.61.